The molecule has 0 aliphatic heterocycles. The molecule has 0 radical (unpaired) electrons. The minimum Gasteiger partial charge on any atom is -0.491 e. The first-order valence-electron chi connectivity index (χ1n) is 3.93. The zero-order chi connectivity index (χ0) is 10.4. The van der Waals surface area contributed by atoms with Gasteiger partial charge in [0.2, 0.25) is 0 Å². The minimum atomic E-state index is -0.666. The van der Waals surface area contributed by atoms with Crippen molar-refractivity contribution in [1.82, 2.24) is 0 Å². The van der Waals surface area contributed by atoms with E-state index in [1.165, 1.54) is 0 Å². The maximum absolute atomic E-state index is 8.60. The summed E-state index contributed by atoms with van der Waals surface area (Å²) in [6.45, 7) is 0.118. The molecular weight excluding hydrogens is 200 g/mol. The minimum absolute atomic E-state index is 0.118. The molecule has 3 nitrogen and oxygen atoms in total. The van der Waals surface area contributed by atoms with Crippen LogP contribution in [-0.4, -0.2) is 12.0 Å². The van der Waals surface area contributed by atoms with Gasteiger partial charge in [-0.15, -0.1) is 11.6 Å². The molecule has 4 heteroatoms. The Balaban J connectivity index is 2.61. The molecule has 1 atom stereocenters. The van der Waals surface area contributed by atoms with Crippen LogP contribution in [0.2, 0.25) is 0 Å². The molecule has 0 amide bonds. The van der Waals surface area contributed by atoms with E-state index in [-0.39, 0.29) is 6.61 Å². The Labute approximate surface area is 87.1 Å². The molecule has 0 aliphatic carbocycles. The summed E-state index contributed by atoms with van der Waals surface area (Å²) < 4.78 is 5.20. The van der Waals surface area contributed by atoms with Gasteiger partial charge in [-0.05, 0) is 18.2 Å². The number of rotatable bonds is 3. The third kappa shape index (κ3) is 2.97. The van der Waals surface area contributed by atoms with Gasteiger partial charge < -0.3 is 4.74 Å². The predicted molar refractivity (Wildman–Crippen MR) is 51.9 cm³/mol. The smallest absolute Gasteiger partial charge is 0.154 e. The number of ether oxygens (including phenoxy) is 1. The van der Waals surface area contributed by atoms with E-state index in [4.69, 9.17) is 26.9 Å². The van der Waals surface area contributed by atoms with Crippen LogP contribution in [0.1, 0.15) is 5.56 Å². The molecule has 1 rings (SSSR count). The fraction of sp³-hybridized carbons (Fsp3) is 0.200. The molecule has 0 aromatic heterocycles. The van der Waals surface area contributed by atoms with Crippen molar-refractivity contribution < 1.29 is 4.74 Å². The molecule has 14 heavy (non-hydrogen) atoms. The standard InChI is InChI=1S/C10H7ClN2O/c11-9(6-13)7-14-10-3-1-2-8(4-10)5-12/h1-4,9H,7H2. The average Bonchev–Trinajstić information content (AvgIpc) is 2.26. The SMILES string of the molecule is N#Cc1cccc(OCC(Cl)C#N)c1. The lowest BCUT2D eigenvalue weighted by Gasteiger charge is -2.05. The number of nitrogens with zero attached hydrogens (tertiary/aromatic N) is 2. The Hall–Kier alpha value is -1.71. The molecule has 1 aromatic rings. The van der Waals surface area contributed by atoms with Gasteiger partial charge in [0.05, 0.1) is 17.7 Å². The molecule has 1 aromatic carbocycles. The molecule has 1 unspecified atom stereocenters. The van der Waals surface area contributed by atoms with Crippen LogP contribution < -0.4 is 4.74 Å². The third-order valence-corrected chi connectivity index (χ3v) is 1.72. The normalized spacial score (nSPS) is 11.1. The molecule has 0 aliphatic rings. The van der Waals surface area contributed by atoms with Crippen LogP contribution in [0, 0.1) is 22.7 Å². The zero-order valence-corrected chi connectivity index (χ0v) is 8.03. The van der Waals surface area contributed by atoms with Crippen molar-refractivity contribution in [3.8, 4) is 17.9 Å². The van der Waals surface area contributed by atoms with Crippen LogP contribution in [0.4, 0.5) is 0 Å². The van der Waals surface area contributed by atoms with Gasteiger partial charge in [-0.1, -0.05) is 6.07 Å². The van der Waals surface area contributed by atoms with E-state index in [9.17, 15) is 0 Å². The van der Waals surface area contributed by atoms with E-state index in [0.29, 0.717) is 11.3 Å². The Morgan fingerprint density at radius 2 is 2.21 bits per heavy atom. The monoisotopic (exact) mass is 206 g/mol. The summed E-state index contributed by atoms with van der Waals surface area (Å²) in [4.78, 5) is 0. The van der Waals surface area contributed by atoms with Gasteiger partial charge in [-0.3, -0.25) is 0 Å². The van der Waals surface area contributed by atoms with E-state index >= 15 is 0 Å². The average molecular weight is 207 g/mol. The lowest BCUT2D eigenvalue weighted by atomic mass is 10.2. The van der Waals surface area contributed by atoms with Gasteiger partial charge in [0.25, 0.3) is 0 Å². The Morgan fingerprint density at radius 3 is 2.86 bits per heavy atom. The highest BCUT2D eigenvalue weighted by molar-refractivity contribution is 6.22. The van der Waals surface area contributed by atoms with Crippen molar-refractivity contribution in [1.29, 1.82) is 10.5 Å². The second-order valence-electron chi connectivity index (χ2n) is 2.55. The van der Waals surface area contributed by atoms with Gasteiger partial charge in [0.1, 0.15) is 12.4 Å². The molecule has 0 heterocycles. The summed E-state index contributed by atoms with van der Waals surface area (Å²) in [5, 5.41) is 16.3. The summed E-state index contributed by atoms with van der Waals surface area (Å²) >= 11 is 5.54. The fourth-order valence-electron chi connectivity index (χ4n) is 0.862. The van der Waals surface area contributed by atoms with Gasteiger partial charge in [-0.2, -0.15) is 10.5 Å². The number of nitriles is 2. The highest BCUT2D eigenvalue weighted by atomic mass is 35.5. The van der Waals surface area contributed by atoms with Crippen molar-refractivity contribution >= 4 is 11.6 Å². The summed E-state index contributed by atoms with van der Waals surface area (Å²) in [5.74, 6) is 0.546. The van der Waals surface area contributed by atoms with E-state index in [1.54, 1.807) is 24.3 Å². The molecule has 0 bridgehead atoms. The quantitative estimate of drug-likeness (QED) is 0.712. The predicted octanol–water partition coefficient (Wildman–Crippen LogP) is 2.07. The number of alkyl halides is 1. The largest absolute Gasteiger partial charge is 0.491 e. The van der Waals surface area contributed by atoms with Crippen LogP contribution in [0.15, 0.2) is 24.3 Å². The molecule has 0 fully saturated rings. The number of benzene rings is 1. The van der Waals surface area contributed by atoms with Crippen LogP contribution in [0.3, 0.4) is 0 Å². The lowest BCUT2D eigenvalue weighted by molar-refractivity contribution is 0.329. The summed E-state index contributed by atoms with van der Waals surface area (Å²) in [6, 6.07) is 10.5. The topological polar surface area (TPSA) is 56.8 Å². The Bertz CT molecular complexity index is 392. The molecule has 0 saturated carbocycles. The van der Waals surface area contributed by atoms with Crippen LogP contribution in [0.25, 0.3) is 0 Å². The highest BCUT2D eigenvalue weighted by Crippen LogP contribution is 2.13. The molecular formula is C10H7ClN2O. The molecule has 0 saturated heterocycles. The summed E-state index contributed by atoms with van der Waals surface area (Å²) in [5.41, 5.74) is 0.519. The molecule has 0 N–H and O–H groups in total. The summed E-state index contributed by atoms with van der Waals surface area (Å²) in [6.07, 6.45) is 0. The van der Waals surface area contributed by atoms with E-state index in [2.05, 4.69) is 0 Å². The molecule has 70 valence electrons. The van der Waals surface area contributed by atoms with Crippen molar-refractivity contribution in [2.24, 2.45) is 0 Å². The second kappa shape index (κ2) is 5.11. The zero-order valence-electron chi connectivity index (χ0n) is 7.27. The van der Waals surface area contributed by atoms with Crippen molar-refractivity contribution in [2.45, 2.75) is 5.38 Å². The first kappa shape index (κ1) is 10.4. The van der Waals surface area contributed by atoms with E-state index in [1.807, 2.05) is 12.1 Å². The Kier molecular flexibility index (Phi) is 3.79. The highest BCUT2D eigenvalue weighted by Gasteiger charge is 2.03. The molecule has 0 spiro atoms. The van der Waals surface area contributed by atoms with Crippen LogP contribution >= 0.6 is 11.6 Å². The summed E-state index contributed by atoms with van der Waals surface area (Å²) in [7, 11) is 0. The van der Waals surface area contributed by atoms with E-state index < -0.39 is 5.38 Å². The second-order valence-corrected chi connectivity index (χ2v) is 3.07. The fourth-order valence-corrected chi connectivity index (χ4v) is 0.925. The maximum Gasteiger partial charge on any atom is 0.154 e. The maximum atomic E-state index is 8.60. The van der Waals surface area contributed by atoms with Gasteiger partial charge in [0, 0.05) is 0 Å². The number of hydrogen-bond acceptors (Lipinski definition) is 3. The first-order valence-corrected chi connectivity index (χ1v) is 4.36. The third-order valence-electron chi connectivity index (χ3n) is 1.50. The van der Waals surface area contributed by atoms with E-state index in [0.717, 1.165) is 0 Å². The Morgan fingerprint density at radius 1 is 1.43 bits per heavy atom. The van der Waals surface area contributed by atoms with Crippen LogP contribution in [-0.2, 0) is 0 Å². The van der Waals surface area contributed by atoms with Crippen molar-refractivity contribution in [3.05, 3.63) is 29.8 Å². The number of halogens is 1. The number of hydrogen-bond donors (Lipinski definition) is 0. The lowest BCUT2D eigenvalue weighted by Crippen LogP contribution is -2.08. The van der Waals surface area contributed by atoms with Gasteiger partial charge in [-0.25, -0.2) is 0 Å². The van der Waals surface area contributed by atoms with Crippen molar-refractivity contribution in [2.75, 3.05) is 6.61 Å². The van der Waals surface area contributed by atoms with Gasteiger partial charge in [0.15, 0.2) is 5.38 Å². The van der Waals surface area contributed by atoms with Crippen LogP contribution in [0.5, 0.6) is 5.75 Å². The van der Waals surface area contributed by atoms with Crippen molar-refractivity contribution in [3.63, 3.8) is 0 Å². The first-order chi connectivity index (χ1) is 6.76. The van der Waals surface area contributed by atoms with Gasteiger partial charge >= 0.3 is 0 Å².